The minimum absolute atomic E-state index is 0.225. The molecule has 3 aliphatic rings. The first kappa shape index (κ1) is 25.7. The van der Waals surface area contributed by atoms with E-state index >= 15 is 0 Å². The SMILES string of the molecule is CCC(=O)[O][Ti]1([O]C(=O)CC)[CH]2c3ccccc3-c3cccc(c32)[Si](C)(C)c2cccc3c2[CH]1c1ccccc1-3. The summed E-state index contributed by atoms with van der Waals surface area (Å²) in [6.45, 7) is 8.52. The first-order chi connectivity index (χ1) is 19.3. The summed E-state index contributed by atoms with van der Waals surface area (Å²) in [5.41, 5.74) is 9.34. The zero-order chi connectivity index (χ0) is 27.8. The van der Waals surface area contributed by atoms with Crippen molar-refractivity contribution in [2.75, 3.05) is 0 Å². The first-order valence-corrected chi connectivity index (χ1v) is 20.3. The molecular formula is C34H32O4SiTi. The van der Waals surface area contributed by atoms with Gasteiger partial charge in [0.2, 0.25) is 0 Å². The Balaban J connectivity index is 1.70. The normalized spacial score (nSPS) is 19.8. The van der Waals surface area contributed by atoms with Gasteiger partial charge in [-0.3, -0.25) is 0 Å². The Morgan fingerprint density at radius 2 is 1.02 bits per heavy atom. The van der Waals surface area contributed by atoms with Gasteiger partial charge < -0.3 is 0 Å². The molecule has 0 amide bonds. The Kier molecular flexibility index (Phi) is 5.87. The van der Waals surface area contributed by atoms with E-state index in [-0.39, 0.29) is 33.2 Å². The van der Waals surface area contributed by atoms with Crippen LogP contribution in [0.2, 0.25) is 13.1 Å². The monoisotopic (exact) mass is 580 g/mol. The van der Waals surface area contributed by atoms with Crippen molar-refractivity contribution in [3.8, 4) is 22.3 Å². The summed E-state index contributed by atoms with van der Waals surface area (Å²) in [4.78, 5) is 27.1. The Bertz CT molecular complexity index is 1600. The van der Waals surface area contributed by atoms with Gasteiger partial charge in [0.1, 0.15) is 0 Å². The number of carbonyl (C=O) groups excluding carboxylic acids is 2. The quantitative estimate of drug-likeness (QED) is 0.257. The average Bonchev–Trinajstić information content (AvgIpc) is 3.50. The van der Waals surface area contributed by atoms with Crippen molar-refractivity contribution in [3.63, 3.8) is 0 Å². The molecule has 0 saturated heterocycles. The van der Waals surface area contributed by atoms with E-state index in [0.29, 0.717) is 0 Å². The Morgan fingerprint density at radius 3 is 1.45 bits per heavy atom. The van der Waals surface area contributed by atoms with Crippen LogP contribution in [0, 0.1) is 0 Å². The fourth-order valence-corrected chi connectivity index (χ4v) is 18.4. The Labute approximate surface area is 240 Å². The molecule has 6 heteroatoms. The van der Waals surface area contributed by atoms with Gasteiger partial charge in [0.15, 0.2) is 0 Å². The van der Waals surface area contributed by atoms with Crippen molar-refractivity contribution in [2.24, 2.45) is 0 Å². The molecular weight excluding hydrogens is 548 g/mol. The van der Waals surface area contributed by atoms with Gasteiger partial charge in [-0.2, -0.15) is 0 Å². The van der Waals surface area contributed by atoms with Gasteiger partial charge in [-0.05, 0) is 0 Å². The van der Waals surface area contributed by atoms with E-state index in [0.717, 1.165) is 22.3 Å². The van der Waals surface area contributed by atoms with Crippen molar-refractivity contribution >= 4 is 30.4 Å². The van der Waals surface area contributed by atoms with Gasteiger partial charge in [-0.25, -0.2) is 0 Å². The van der Waals surface area contributed by atoms with Gasteiger partial charge in [-0.15, -0.1) is 0 Å². The number of fused-ring (bicyclic) bond motifs is 6. The molecule has 0 aromatic heterocycles. The summed E-state index contributed by atoms with van der Waals surface area (Å²) < 4.78 is 13.1. The molecule has 7 rings (SSSR count). The third-order valence-corrected chi connectivity index (χ3v) is 18.8. The van der Waals surface area contributed by atoms with Crippen LogP contribution < -0.4 is 10.4 Å². The van der Waals surface area contributed by atoms with Crippen LogP contribution in [0.3, 0.4) is 0 Å². The zero-order valence-corrected chi connectivity index (χ0v) is 25.8. The van der Waals surface area contributed by atoms with Crippen molar-refractivity contribution in [1.82, 2.24) is 0 Å². The van der Waals surface area contributed by atoms with E-state index in [4.69, 9.17) is 6.64 Å². The fraction of sp³-hybridized carbons (Fsp3) is 0.235. The summed E-state index contributed by atoms with van der Waals surface area (Å²) in [6, 6.07) is 30.2. The molecule has 4 nitrogen and oxygen atoms in total. The van der Waals surface area contributed by atoms with Crippen LogP contribution in [-0.4, -0.2) is 20.0 Å². The van der Waals surface area contributed by atoms with Gasteiger partial charge in [-0.1, -0.05) is 0 Å². The first-order valence-electron chi connectivity index (χ1n) is 14.2. The molecule has 2 atom stereocenters. The van der Waals surface area contributed by atoms with E-state index in [1.807, 2.05) is 13.8 Å². The van der Waals surface area contributed by atoms with Crippen molar-refractivity contribution in [2.45, 2.75) is 48.2 Å². The summed E-state index contributed by atoms with van der Waals surface area (Å²) in [6.07, 6.45) is 0.450. The molecule has 0 saturated carbocycles. The predicted octanol–water partition coefficient (Wildman–Crippen LogP) is 6.55. The number of hydrogen-bond acceptors (Lipinski definition) is 4. The number of carbonyl (C=O) groups is 2. The Hall–Kier alpha value is -3.25. The molecule has 0 N–H and O–H groups in total. The minimum atomic E-state index is -4.61. The van der Waals surface area contributed by atoms with Crippen LogP contribution in [0.25, 0.3) is 22.3 Å². The molecule has 0 radical (unpaired) electrons. The molecule has 1 aliphatic heterocycles. The third-order valence-electron chi connectivity index (χ3n) is 9.19. The van der Waals surface area contributed by atoms with Crippen LogP contribution >= 0.6 is 0 Å². The van der Waals surface area contributed by atoms with E-state index in [1.165, 1.54) is 32.6 Å². The third kappa shape index (κ3) is 3.35. The van der Waals surface area contributed by atoms with Crippen LogP contribution in [0.4, 0.5) is 0 Å². The van der Waals surface area contributed by atoms with Crippen LogP contribution in [-0.2, 0) is 33.6 Å². The second-order valence-corrected chi connectivity index (χ2v) is 20.6. The molecule has 40 heavy (non-hydrogen) atoms. The zero-order valence-electron chi connectivity index (χ0n) is 23.3. The number of benzene rings is 4. The van der Waals surface area contributed by atoms with Gasteiger partial charge in [0, 0.05) is 0 Å². The molecule has 4 aromatic rings. The van der Waals surface area contributed by atoms with E-state index in [2.05, 4.69) is 98.0 Å². The standard InChI is InChI=1S/C28H22Si.2C3H6O2.Ti/c1-29(2,27-15-7-13-23-21-11-5-3-9-19(21)17-25(23)27)28-16-8-14-24-22-12-6-4-10-20(22)18-26(24)28;2*1-2-3(4)5;/h3-18H,1-2H3;2*2H2,1H3,(H,4,5);/q;;;+2/p-2. The molecule has 0 fully saturated rings. The second kappa shape index (κ2) is 9.13. The molecule has 2 unspecified atom stereocenters. The summed E-state index contributed by atoms with van der Waals surface area (Å²) >= 11 is -4.61. The predicted molar refractivity (Wildman–Crippen MR) is 157 cm³/mol. The Morgan fingerprint density at radius 1 is 0.625 bits per heavy atom. The molecule has 2 aliphatic carbocycles. The maximum absolute atomic E-state index is 13.5. The van der Waals surface area contributed by atoms with Crippen molar-refractivity contribution < 1.29 is 33.6 Å². The fourth-order valence-electron chi connectivity index (χ4n) is 7.52. The second-order valence-electron chi connectivity index (χ2n) is 11.6. The van der Waals surface area contributed by atoms with E-state index in [1.54, 1.807) is 0 Å². The number of hydrogen-bond donors (Lipinski definition) is 0. The molecule has 0 spiro atoms. The summed E-state index contributed by atoms with van der Waals surface area (Å²) in [5.74, 6) is -0.597. The number of rotatable bonds is 4. The summed E-state index contributed by atoms with van der Waals surface area (Å²) in [7, 11) is -2.27. The van der Waals surface area contributed by atoms with Crippen LogP contribution in [0.1, 0.15) is 57.4 Å². The maximum atomic E-state index is 13.5. The van der Waals surface area contributed by atoms with Crippen LogP contribution in [0.15, 0.2) is 84.9 Å². The van der Waals surface area contributed by atoms with Crippen molar-refractivity contribution in [1.29, 1.82) is 0 Å². The van der Waals surface area contributed by atoms with Crippen molar-refractivity contribution in [3.05, 3.63) is 107 Å². The summed E-state index contributed by atoms with van der Waals surface area (Å²) in [5, 5.41) is 2.67. The van der Waals surface area contributed by atoms with E-state index in [9.17, 15) is 9.59 Å². The van der Waals surface area contributed by atoms with Crippen LogP contribution in [0.5, 0.6) is 0 Å². The molecule has 0 bridgehead atoms. The topological polar surface area (TPSA) is 52.6 Å². The van der Waals surface area contributed by atoms with E-state index < -0.39 is 25.4 Å². The molecule has 200 valence electrons. The van der Waals surface area contributed by atoms with Gasteiger partial charge >= 0.3 is 242 Å². The molecule has 4 aromatic carbocycles. The molecule has 1 heterocycles. The van der Waals surface area contributed by atoms with Gasteiger partial charge in [0.05, 0.1) is 0 Å². The average molecular weight is 581 g/mol. The van der Waals surface area contributed by atoms with Gasteiger partial charge in [0.25, 0.3) is 0 Å².